The van der Waals surface area contributed by atoms with Crippen molar-refractivity contribution in [3.63, 3.8) is 0 Å². The van der Waals surface area contributed by atoms with E-state index >= 15 is 0 Å². The van der Waals surface area contributed by atoms with E-state index < -0.39 is 0 Å². The van der Waals surface area contributed by atoms with Crippen LogP contribution in [-0.4, -0.2) is 34.3 Å². The van der Waals surface area contributed by atoms with Crippen LogP contribution >= 0.6 is 0 Å². The normalized spacial score (nSPS) is 16.7. The van der Waals surface area contributed by atoms with Crippen LogP contribution in [0.25, 0.3) is 16.9 Å². The zero-order valence-electron chi connectivity index (χ0n) is 18.7. The number of benzene rings is 2. The van der Waals surface area contributed by atoms with Crippen molar-refractivity contribution >= 4 is 11.5 Å². The van der Waals surface area contributed by atoms with Crippen molar-refractivity contribution in [3.8, 4) is 17.0 Å². The van der Waals surface area contributed by atoms with Crippen LogP contribution in [0.5, 0.6) is 5.75 Å². The molecule has 33 heavy (non-hydrogen) atoms. The Labute approximate surface area is 192 Å². The summed E-state index contributed by atoms with van der Waals surface area (Å²) >= 11 is 0. The molecule has 3 heterocycles. The van der Waals surface area contributed by atoms with Crippen molar-refractivity contribution in [1.29, 1.82) is 0 Å². The second kappa shape index (κ2) is 9.58. The minimum Gasteiger partial charge on any atom is -0.494 e. The van der Waals surface area contributed by atoms with Crippen molar-refractivity contribution < 1.29 is 9.13 Å². The zero-order valence-corrected chi connectivity index (χ0v) is 18.7. The molecular weight excluding hydrogens is 417 g/mol. The zero-order chi connectivity index (χ0) is 22.6. The summed E-state index contributed by atoms with van der Waals surface area (Å²) in [5, 5.41) is 11.5. The molecule has 0 bridgehead atoms. The third-order valence-electron chi connectivity index (χ3n) is 6.18. The average Bonchev–Trinajstić information content (AvgIpc) is 3.49. The van der Waals surface area contributed by atoms with E-state index in [9.17, 15) is 4.39 Å². The molecule has 0 saturated carbocycles. The summed E-state index contributed by atoms with van der Waals surface area (Å²) < 4.78 is 21.3. The number of halogens is 1. The van der Waals surface area contributed by atoms with Crippen LogP contribution in [0.15, 0.2) is 66.9 Å². The van der Waals surface area contributed by atoms with Crippen molar-refractivity contribution in [2.75, 3.05) is 25.0 Å². The maximum atomic E-state index is 13.6. The molecule has 0 radical (unpaired) electrons. The van der Waals surface area contributed by atoms with Gasteiger partial charge in [-0.15, -0.1) is 5.10 Å². The Hall–Kier alpha value is -3.45. The largest absolute Gasteiger partial charge is 0.494 e. The minimum absolute atomic E-state index is 0.0888. The van der Waals surface area contributed by atoms with E-state index in [4.69, 9.17) is 9.84 Å². The number of fused-ring (bicyclic) bond motifs is 1. The molecule has 0 amide bonds. The van der Waals surface area contributed by atoms with Crippen LogP contribution in [-0.2, 0) is 0 Å². The number of nitrogens with one attached hydrogen (secondary N) is 2. The fraction of sp³-hybridized carbons (Fsp3) is 0.308. The summed E-state index contributed by atoms with van der Waals surface area (Å²) in [5.41, 5.74) is 3.54. The van der Waals surface area contributed by atoms with Crippen molar-refractivity contribution in [1.82, 2.24) is 19.9 Å². The number of aromatic nitrogens is 3. The molecule has 170 valence electrons. The van der Waals surface area contributed by atoms with Crippen LogP contribution in [0.3, 0.4) is 0 Å². The van der Waals surface area contributed by atoms with E-state index in [2.05, 4.69) is 15.6 Å². The number of ether oxygens (including phenoxy) is 1. The molecule has 0 spiro atoms. The highest BCUT2D eigenvalue weighted by atomic mass is 19.1. The Morgan fingerprint density at radius 3 is 2.85 bits per heavy atom. The number of anilines is 1. The van der Waals surface area contributed by atoms with Crippen molar-refractivity contribution in [2.24, 2.45) is 5.92 Å². The third-order valence-corrected chi connectivity index (χ3v) is 6.18. The summed E-state index contributed by atoms with van der Waals surface area (Å²) in [6, 6.07) is 18.4. The lowest BCUT2D eigenvalue weighted by Crippen LogP contribution is -2.11. The fourth-order valence-electron chi connectivity index (χ4n) is 4.25. The molecule has 4 aromatic rings. The Bertz CT molecular complexity index is 1220. The highest BCUT2D eigenvalue weighted by molar-refractivity contribution is 5.64. The van der Waals surface area contributed by atoms with Gasteiger partial charge in [0.25, 0.3) is 0 Å². The SMILES string of the molecule is C[C@@H](Nc1ccc2ncc(-c3ccc(OCC[C@@H]4CCNC4)cc3)n2n1)c1cccc(F)c1. The smallest absolute Gasteiger partial charge is 0.154 e. The molecule has 2 aromatic carbocycles. The standard InChI is InChI=1S/C26H28FN5O/c1-18(21-3-2-4-22(27)15-21)30-25-9-10-26-29-17-24(32(26)31-25)20-5-7-23(8-6-20)33-14-12-19-11-13-28-16-19/h2-10,15,17-19,28H,11-14,16H2,1H3,(H,30,31)/t18-,19+/m1/s1. The Morgan fingerprint density at radius 2 is 2.06 bits per heavy atom. The first-order valence-corrected chi connectivity index (χ1v) is 11.5. The van der Waals surface area contributed by atoms with Gasteiger partial charge in [0.2, 0.25) is 0 Å². The summed E-state index contributed by atoms with van der Waals surface area (Å²) in [6.07, 6.45) is 4.14. The molecule has 1 fully saturated rings. The Kier molecular flexibility index (Phi) is 6.21. The maximum absolute atomic E-state index is 13.6. The van der Waals surface area contributed by atoms with Gasteiger partial charge >= 0.3 is 0 Å². The summed E-state index contributed by atoms with van der Waals surface area (Å²) in [5.74, 6) is 2.04. The number of nitrogens with zero attached hydrogens (tertiary/aromatic N) is 3. The molecule has 5 rings (SSSR count). The van der Waals surface area contributed by atoms with Gasteiger partial charge in [0.15, 0.2) is 5.65 Å². The van der Waals surface area contributed by atoms with Crippen LogP contribution in [0.1, 0.15) is 31.4 Å². The van der Waals surface area contributed by atoms with Crippen LogP contribution in [0, 0.1) is 11.7 Å². The van der Waals surface area contributed by atoms with Crippen LogP contribution in [0.4, 0.5) is 10.2 Å². The maximum Gasteiger partial charge on any atom is 0.154 e. The molecule has 0 unspecified atom stereocenters. The number of hydrogen-bond donors (Lipinski definition) is 2. The van der Waals surface area contributed by atoms with E-state index in [0.717, 1.165) is 60.3 Å². The Balaban J connectivity index is 1.29. The van der Waals surface area contributed by atoms with E-state index in [-0.39, 0.29) is 11.9 Å². The van der Waals surface area contributed by atoms with Gasteiger partial charge in [-0.1, -0.05) is 12.1 Å². The van der Waals surface area contributed by atoms with Gasteiger partial charge in [0, 0.05) is 5.56 Å². The van der Waals surface area contributed by atoms with Gasteiger partial charge < -0.3 is 15.4 Å². The first-order chi connectivity index (χ1) is 16.2. The Morgan fingerprint density at radius 1 is 1.18 bits per heavy atom. The van der Waals surface area contributed by atoms with Crippen LogP contribution in [0.2, 0.25) is 0 Å². The van der Waals surface area contributed by atoms with Gasteiger partial charge in [0.1, 0.15) is 17.4 Å². The lowest BCUT2D eigenvalue weighted by atomic mass is 10.1. The molecule has 1 saturated heterocycles. The molecule has 2 atom stereocenters. The predicted octanol–water partition coefficient (Wildman–Crippen LogP) is 5.09. The van der Waals surface area contributed by atoms with Gasteiger partial charge in [-0.2, -0.15) is 0 Å². The van der Waals surface area contributed by atoms with Gasteiger partial charge in [-0.25, -0.2) is 13.9 Å². The van der Waals surface area contributed by atoms with E-state index in [0.29, 0.717) is 5.82 Å². The highest BCUT2D eigenvalue weighted by Crippen LogP contribution is 2.25. The van der Waals surface area contributed by atoms with E-state index in [1.165, 1.54) is 18.6 Å². The van der Waals surface area contributed by atoms with Crippen molar-refractivity contribution in [2.45, 2.75) is 25.8 Å². The lowest BCUT2D eigenvalue weighted by Gasteiger charge is -2.15. The minimum atomic E-state index is -0.246. The molecule has 6 nitrogen and oxygen atoms in total. The molecular formula is C26H28FN5O. The second-order valence-corrected chi connectivity index (χ2v) is 8.57. The van der Waals surface area contributed by atoms with Gasteiger partial charge in [-0.3, -0.25) is 0 Å². The predicted molar refractivity (Wildman–Crippen MR) is 128 cm³/mol. The second-order valence-electron chi connectivity index (χ2n) is 8.57. The average molecular weight is 446 g/mol. The fourth-order valence-corrected chi connectivity index (χ4v) is 4.25. The van der Waals surface area contributed by atoms with Gasteiger partial charge in [-0.05, 0) is 92.9 Å². The summed E-state index contributed by atoms with van der Waals surface area (Å²) in [7, 11) is 0. The lowest BCUT2D eigenvalue weighted by molar-refractivity contribution is 0.283. The topological polar surface area (TPSA) is 63.5 Å². The van der Waals surface area contributed by atoms with E-state index in [1.54, 1.807) is 6.07 Å². The molecule has 2 N–H and O–H groups in total. The number of rotatable bonds is 8. The monoisotopic (exact) mass is 445 g/mol. The third kappa shape index (κ3) is 4.98. The molecule has 2 aromatic heterocycles. The molecule has 1 aliphatic rings. The van der Waals surface area contributed by atoms with Crippen LogP contribution < -0.4 is 15.4 Å². The van der Waals surface area contributed by atoms with Gasteiger partial charge in [0.05, 0.1) is 24.5 Å². The number of imidazole rings is 1. The molecule has 1 aliphatic heterocycles. The molecule has 7 heteroatoms. The highest BCUT2D eigenvalue weighted by Gasteiger charge is 2.14. The quantitative estimate of drug-likeness (QED) is 0.396. The van der Waals surface area contributed by atoms with E-state index in [1.807, 2.05) is 60.1 Å². The first-order valence-electron chi connectivity index (χ1n) is 11.5. The van der Waals surface area contributed by atoms with Crippen molar-refractivity contribution in [3.05, 3.63) is 78.2 Å². The first kappa shape index (κ1) is 21.4. The molecule has 0 aliphatic carbocycles. The summed E-state index contributed by atoms with van der Waals surface area (Å²) in [6.45, 7) is 4.94. The summed E-state index contributed by atoms with van der Waals surface area (Å²) in [4.78, 5) is 4.49. The number of hydrogen-bond acceptors (Lipinski definition) is 5.